The van der Waals surface area contributed by atoms with Crippen molar-refractivity contribution in [1.29, 1.82) is 0 Å². The predicted molar refractivity (Wildman–Crippen MR) is 50.8 cm³/mol. The number of hydrogen-bond acceptors (Lipinski definition) is 2. The average molecular weight is 154 g/mol. The Kier molecular flexibility index (Phi) is 5.53. The normalized spacial score (nSPS) is 13.0. The number of rotatable bonds is 4. The second-order valence-corrected chi connectivity index (χ2v) is 2.73. The first-order valence-corrected chi connectivity index (χ1v) is 4.11. The van der Waals surface area contributed by atoms with E-state index < -0.39 is 0 Å². The van der Waals surface area contributed by atoms with Crippen LogP contribution in [0.4, 0.5) is 0 Å². The summed E-state index contributed by atoms with van der Waals surface area (Å²) in [4.78, 5) is 4.13. The van der Waals surface area contributed by atoms with Crippen molar-refractivity contribution in [2.75, 3.05) is 7.05 Å². The van der Waals surface area contributed by atoms with Gasteiger partial charge in [0.05, 0.1) is 0 Å². The fourth-order valence-electron chi connectivity index (χ4n) is 0.741. The van der Waals surface area contributed by atoms with Crippen molar-refractivity contribution in [3.63, 3.8) is 0 Å². The lowest BCUT2D eigenvalue weighted by atomic mass is 10.1. The third kappa shape index (κ3) is 4.59. The molecule has 2 nitrogen and oxygen atoms in total. The minimum Gasteiger partial charge on any atom is -0.390 e. The standard InChI is InChI=1S/C9H18N2/c1-5-6-11-7-9(10-4)8(2)3/h6-8,10H,5H2,1-4H3/b9-7-,11-6?. The Balaban J connectivity index is 4.01. The molecule has 0 aromatic rings. The maximum absolute atomic E-state index is 4.13. The van der Waals surface area contributed by atoms with E-state index in [9.17, 15) is 0 Å². The molecule has 0 amide bonds. The SMILES string of the molecule is CCC=N/C=C(\NC)C(C)C. The summed E-state index contributed by atoms with van der Waals surface area (Å²) in [5, 5.41) is 3.11. The van der Waals surface area contributed by atoms with Gasteiger partial charge in [0.2, 0.25) is 0 Å². The Bertz CT molecular complexity index is 146. The van der Waals surface area contributed by atoms with Gasteiger partial charge in [-0.05, 0) is 12.3 Å². The third-order valence-electron chi connectivity index (χ3n) is 1.41. The number of nitrogens with zero attached hydrogens (tertiary/aromatic N) is 1. The quantitative estimate of drug-likeness (QED) is 0.617. The van der Waals surface area contributed by atoms with Crippen LogP contribution in [0.3, 0.4) is 0 Å². The van der Waals surface area contributed by atoms with E-state index in [4.69, 9.17) is 0 Å². The molecule has 0 unspecified atom stereocenters. The number of aliphatic imine (C=N–C) groups is 1. The monoisotopic (exact) mass is 154 g/mol. The van der Waals surface area contributed by atoms with E-state index >= 15 is 0 Å². The van der Waals surface area contributed by atoms with Crippen molar-refractivity contribution in [3.05, 3.63) is 11.9 Å². The molecule has 11 heavy (non-hydrogen) atoms. The van der Waals surface area contributed by atoms with Crippen LogP contribution < -0.4 is 5.32 Å². The summed E-state index contributed by atoms with van der Waals surface area (Å²) in [5.41, 5.74) is 1.18. The fraction of sp³-hybridized carbons (Fsp3) is 0.667. The molecular formula is C9H18N2. The van der Waals surface area contributed by atoms with Crippen molar-refractivity contribution < 1.29 is 0 Å². The molecule has 0 aliphatic rings. The van der Waals surface area contributed by atoms with Crippen LogP contribution in [0.1, 0.15) is 27.2 Å². The Labute approximate surface area is 69.4 Å². The Morgan fingerprint density at radius 2 is 2.18 bits per heavy atom. The minimum absolute atomic E-state index is 0.522. The van der Waals surface area contributed by atoms with Crippen LogP contribution >= 0.6 is 0 Å². The van der Waals surface area contributed by atoms with E-state index in [-0.39, 0.29) is 0 Å². The largest absolute Gasteiger partial charge is 0.390 e. The Morgan fingerprint density at radius 1 is 1.55 bits per heavy atom. The molecular weight excluding hydrogens is 136 g/mol. The van der Waals surface area contributed by atoms with Gasteiger partial charge in [-0.1, -0.05) is 20.8 Å². The second-order valence-electron chi connectivity index (χ2n) is 2.73. The van der Waals surface area contributed by atoms with Crippen LogP contribution in [0.5, 0.6) is 0 Å². The minimum atomic E-state index is 0.522. The van der Waals surface area contributed by atoms with E-state index in [1.165, 1.54) is 5.70 Å². The first-order chi connectivity index (χ1) is 5.22. The topological polar surface area (TPSA) is 24.4 Å². The predicted octanol–water partition coefficient (Wildman–Crippen LogP) is 2.18. The first-order valence-electron chi connectivity index (χ1n) is 4.11. The molecule has 0 saturated carbocycles. The van der Waals surface area contributed by atoms with E-state index in [1.54, 1.807) is 0 Å². The lowest BCUT2D eigenvalue weighted by molar-refractivity contribution is 0.696. The van der Waals surface area contributed by atoms with Crippen molar-refractivity contribution in [2.24, 2.45) is 10.9 Å². The van der Waals surface area contributed by atoms with E-state index in [0.717, 1.165) is 6.42 Å². The van der Waals surface area contributed by atoms with Crippen molar-refractivity contribution in [2.45, 2.75) is 27.2 Å². The van der Waals surface area contributed by atoms with Crippen LogP contribution in [0, 0.1) is 5.92 Å². The van der Waals surface area contributed by atoms with Gasteiger partial charge in [-0.25, -0.2) is 0 Å². The zero-order valence-corrected chi connectivity index (χ0v) is 7.89. The average Bonchev–Trinajstić information content (AvgIpc) is 1.97. The van der Waals surface area contributed by atoms with Gasteiger partial charge in [0.1, 0.15) is 0 Å². The Hall–Kier alpha value is -0.790. The molecule has 2 heteroatoms. The number of allylic oxidation sites excluding steroid dienone is 1. The van der Waals surface area contributed by atoms with Crippen LogP contribution in [-0.4, -0.2) is 13.3 Å². The molecule has 0 atom stereocenters. The van der Waals surface area contributed by atoms with E-state index in [0.29, 0.717) is 5.92 Å². The summed E-state index contributed by atoms with van der Waals surface area (Å²) >= 11 is 0. The summed E-state index contributed by atoms with van der Waals surface area (Å²) < 4.78 is 0. The van der Waals surface area contributed by atoms with E-state index in [2.05, 4.69) is 31.1 Å². The Morgan fingerprint density at radius 3 is 2.55 bits per heavy atom. The fourth-order valence-corrected chi connectivity index (χ4v) is 0.741. The summed E-state index contributed by atoms with van der Waals surface area (Å²) in [6.07, 6.45) is 4.78. The third-order valence-corrected chi connectivity index (χ3v) is 1.41. The van der Waals surface area contributed by atoms with Crippen LogP contribution in [0.2, 0.25) is 0 Å². The molecule has 0 aromatic heterocycles. The highest BCUT2D eigenvalue weighted by Gasteiger charge is 1.97. The van der Waals surface area contributed by atoms with Gasteiger partial charge in [0.15, 0.2) is 0 Å². The van der Waals surface area contributed by atoms with Crippen LogP contribution in [-0.2, 0) is 0 Å². The molecule has 0 heterocycles. The summed E-state index contributed by atoms with van der Waals surface area (Å²) in [6.45, 7) is 6.36. The molecule has 64 valence electrons. The molecule has 1 N–H and O–H groups in total. The summed E-state index contributed by atoms with van der Waals surface area (Å²) in [5.74, 6) is 0.522. The molecule has 0 radical (unpaired) electrons. The second kappa shape index (κ2) is 5.96. The van der Waals surface area contributed by atoms with Crippen molar-refractivity contribution in [1.82, 2.24) is 5.32 Å². The first kappa shape index (κ1) is 10.2. The van der Waals surface area contributed by atoms with Gasteiger partial charge >= 0.3 is 0 Å². The zero-order valence-electron chi connectivity index (χ0n) is 7.89. The summed E-state index contributed by atoms with van der Waals surface area (Å²) in [6, 6.07) is 0. The van der Waals surface area contributed by atoms with Crippen molar-refractivity contribution in [3.8, 4) is 0 Å². The van der Waals surface area contributed by atoms with Crippen LogP contribution in [0.15, 0.2) is 16.9 Å². The molecule has 0 rings (SSSR count). The van der Waals surface area contributed by atoms with Gasteiger partial charge in [-0.2, -0.15) is 0 Å². The lowest BCUT2D eigenvalue weighted by Crippen LogP contribution is -2.10. The highest BCUT2D eigenvalue weighted by molar-refractivity contribution is 5.57. The van der Waals surface area contributed by atoms with Gasteiger partial charge in [-0.15, -0.1) is 0 Å². The van der Waals surface area contributed by atoms with Crippen molar-refractivity contribution >= 4 is 6.21 Å². The van der Waals surface area contributed by atoms with Gasteiger partial charge in [0, 0.05) is 25.2 Å². The van der Waals surface area contributed by atoms with E-state index in [1.807, 2.05) is 19.5 Å². The molecule has 0 aromatic carbocycles. The maximum Gasteiger partial charge on any atom is 0.0456 e. The maximum atomic E-state index is 4.13. The van der Waals surface area contributed by atoms with Gasteiger partial charge in [0.25, 0.3) is 0 Å². The molecule has 0 fully saturated rings. The molecule has 0 spiro atoms. The highest BCUT2D eigenvalue weighted by Crippen LogP contribution is 2.04. The number of hydrogen-bond donors (Lipinski definition) is 1. The smallest absolute Gasteiger partial charge is 0.0456 e. The van der Waals surface area contributed by atoms with Gasteiger partial charge < -0.3 is 5.32 Å². The molecule has 0 aliphatic carbocycles. The summed E-state index contributed by atoms with van der Waals surface area (Å²) in [7, 11) is 1.92. The van der Waals surface area contributed by atoms with Gasteiger partial charge in [-0.3, -0.25) is 4.99 Å². The zero-order chi connectivity index (χ0) is 8.69. The lowest BCUT2D eigenvalue weighted by Gasteiger charge is -2.07. The number of nitrogens with one attached hydrogen (secondary N) is 1. The van der Waals surface area contributed by atoms with Crippen LogP contribution in [0.25, 0.3) is 0 Å². The highest BCUT2D eigenvalue weighted by atomic mass is 14.9. The molecule has 0 bridgehead atoms. The molecule has 0 saturated heterocycles. The molecule has 0 aliphatic heterocycles.